The van der Waals surface area contributed by atoms with Crippen molar-refractivity contribution in [3.8, 4) is 46.0 Å². The Hall–Kier alpha value is -7.26. The van der Waals surface area contributed by atoms with Crippen molar-refractivity contribution < 1.29 is 72.1 Å². The number of aliphatic hydroxyl groups is 1. The second-order valence-electron chi connectivity index (χ2n) is 14.6. The van der Waals surface area contributed by atoms with Gasteiger partial charge in [-0.05, 0) is 69.2 Å². The Kier molecular flexibility index (Phi) is 17.3. The SMILES string of the molecule is CC(=O)Oc1ccc(C2CC(=O)c3c(O)cc(OC(C)=O)cc3O2)cc1.CC(=O)Oc1ccc(C2CC(=O)c3c(OCC=C(C)C)cc(OC(C)=O)cc3O2)cc1.CC(C)=CCO. The first kappa shape index (κ1) is 48.4. The number of hydrogen-bond donors (Lipinski definition) is 2. The zero-order valence-corrected chi connectivity index (χ0v) is 36.3. The largest absolute Gasteiger partial charge is 0.507 e. The highest BCUT2D eigenvalue weighted by Gasteiger charge is 2.33. The van der Waals surface area contributed by atoms with Gasteiger partial charge in [-0.2, -0.15) is 0 Å². The summed E-state index contributed by atoms with van der Waals surface area (Å²) < 4.78 is 37.9. The van der Waals surface area contributed by atoms with Crippen molar-refractivity contribution in [2.75, 3.05) is 13.2 Å². The van der Waals surface area contributed by atoms with Gasteiger partial charge in [0.25, 0.3) is 0 Å². The molecule has 2 aliphatic rings. The van der Waals surface area contributed by atoms with E-state index in [2.05, 4.69) is 0 Å². The monoisotopic (exact) mass is 866 g/mol. The summed E-state index contributed by atoms with van der Waals surface area (Å²) in [5.41, 5.74) is 4.08. The van der Waals surface area contributed by atoms with E-state index in [0.717, 1.165) is 16.7 Å². The second-order valence-corrected chi connectivity index (χ2v) is 14.6. The molecular formula is C48H50O15. The van der Waals surface area contributed by atoms with Gasteiger partial charge in [0.1, 0.15) is 75.9 Å². The molecule has 332 valence electrons. The zero-order valence-electron chi connectivity index (χ0n) is 36.3. The number of phenols is 1. The average Bonchev–Trinajstić information content (AvgIpc) is 3.17. The zero-order chi connectivity index (χ0) is 46.4. The van der Waals surface area contributed by atoms with Gasteiger partial charge in [0.15, 0.2) is 11.6 Å². The maximum atomic E-state index is 13.0. The summed E-state index contributed by atoms with van der Waals surface area (Å²) in [6.45, 7) is 13.4. The van der Waals surface area contributed by atoms with Gasteiger partial charge in [-0.25, -0.2) is 0 Å². The van der Waals surface area contributed by atoms with Crippen LogP contribution in [0.4, 0.5) is 0 Å². The molecule has 15 heteroatoms. The minimum atomic E-state index is -0.576. The van der Waals surface area contributed by atoms with Crippen LogP contribution in [-0.4, -0.2) is 58.9 Å². The number of carbonyl (C=O) groups excluding carboxylic acids is 6. The number of phenolic OH excluding ortho intramolecular Hbond substituents is 1. The van der Waals surface area contributed by atoms with Crippen LogP contribution in [0.5, 0.6) is 46.0 Å². The first-order chi connectivity index (χ1) is 29.8. The van der Waals surface area contributed by atoms with Gasteiger partial charge in [-0.1, -0.05) is 41.5 Å². The summed E-state index contributed by atoms with van der Waals surface area (Å²) in [4.78, 5) is 70.0. The molecule has 2 N–H and O–H groups in total. The maximum Gasteiger partial charge on any atom is 0.308 e. The van der Waals surface area contributed by atoms with Crippen molar-refractivity contribution in [3.63, 3.8) is 0 Å². The third-order valence-electron chi connectivity index (χ3n) is 8.71. The van der Waals surface area contributed by atoms with Crippen LogP contribution >= 0.6 is 0 Å². The molecule has 0 fully saturated rings. The number of carbonyl (C=O) groups is 6. The van der Waals surface area contributed by atoms with E-state index >= 15 is 0 Å². The van der Waals surface area contributed by atoms with Crippen LogP contribution < -0.4 is 33.2 Å². The summed E-state index contributed by atoms with van der Waals surface area (Å²) in [6, 6.07) is 19.0. The minimum absolute atomic E-state index is 0.0420. The van der Waals surface area contributed by atoms with E-state index in [0.29, 0.717) is 28.4 Å². The number of rotatable bonds is 10. The number of esters is 4. The number of ether oxygens (including phenoxy) is 7. The summed E-state index contributed by atoms with van der Waals surface area (Å²) in [7, 11) is 0. The Balaban J connectivity index is 0.000000248. The van der Waals surface area contributed by atoms with E-state index in [1.807, 2.05) is 33.8 Å². The van der Waals surface area contributed by atoms with Crippen LogP contribution in [0.2, 0.25) is 0 Å². The Labute approximate surface area is 364 Å². The summed E-state index contributed by atoms with van der Waals surface area (Å²) >= 11 is 0. The lowest BCUT2D eigenvalue weighted by atomic mass is 9.95. The highest BCUT2D eigenvalue weighted by Crippen LogP contribution is 2.44. The standard InChI is InChI=1S/C24H24O7.C19H16O7.C5H10O/c1-14(2)9-10-28-22-11-19(30-16(4)26)12-23-24(22)20(27)13-21(31-23)17-5-7-18(8-6-17)29-15(3)25;1-10(20)24-13-5-3-12(4-6-13)17-9-16(23)19-15(22)7-14(25-11(2)21)8-18(19)26-17;1-5(2)3-4-6/h5-9,11-12,21H,10,13H2,1-4H3;3-8,17,22H,9H2,1-2H3;3,6H,4H2,1-2H3. The Bertz CT molecular complexity index is 2380. The predicted molar refractivity (Wildman–Crippen MR) is 229 cm³/mol. The Morgan fingerprint density at radius 3 is 1.37 bits per heavy atom. The van der Waals surface area contributed by atoms with E-state index < -0.39 is 36.1 Å². The number of Topliss-reactive ketones (excluding diaryl/α,β-unsaturated/α-hetero) is 2. The van der Waals surface area contributed by atoms with E-state index in [-0.39, 0.29) is 71.9 Å². The molecule has 6 rings (SSSR count). The molecule has 4 aromatic rings. The highest BCUT2D eigenvalue weighted by molar-refractivity contribution is 6.03. The molecule has 0 radical (unpaired) electrons. The van der Waals surface area contributed by atoms with Gasteiger partial charge in [0.2, 0.25) is 0 Å². The number of aromatic hydroxyl groups is 1. The van der Waals surface area contributed by atoms with Crippen molar-refractivity contribution >= 4 is 35.4 Å². The highest BCUT2D eigenvalue weighted by atomic mass is 16.6. The molecule has 0 spiro atoms. The van der Waals surface area contributed by atoms with Gasteiger partial charge in [0, 0.05) is 52.0 Å². The molecule has 63 heavy (non-hydrogen) atoms. The van der Waals surface area contributed by atoms with Crippen LogP contribution in [0.1, 0.15) is 112 Å². The van der Waals surface area contributed by atoms with Crippen molar-refractivity contribution in [3.05, 3.63) is 118 Å². The number of aliphatic hydroxyl groups excluding tert-OH is 1. The lowest BCUT2D eigenvalue weighted by Gasteiger charge is -2.27. The lowest BCUT2D eigenvalue weighted by molar-refractivity contribution is -0.132. The topological polar surface area (TPSA) is 207 Å². The summed E-state index contributed by atoms with van der Waals surface area (Å²) in [6.07, 6.45) is 2.69. The number of allylic oxidation sites excluding steroid dienone is 2. The van der Waals surface area contributed by atoms with Crippen molar-refractivity contribution in [2.45, 2.75) is 80.4 Å². The van der Waals surface area contributed by atoms with E-state index in [4.69, 9.17) is 38.3 Å². The van der Waals surface area contributed by atoms with Gasteiger partial charge < -0.3 is 43.4 Å². The molecule has 0 aromatic heterocycles. The third-order valence-corrected chi connectivity index (χ3v) is 8.71. The van der Waals surface area contributed by atoms with Gasteiger partial charge >= 0.3 is 23.9 Å². The molecule has 0 saturated carbocycles. The molecule has 15 nitrogen and oxygen atoms in total. The molecule has 0 saturated heterocycles. The molecule has 2 atom stereocenters. The van der Waals surface area contributed by atoms with Crippen LogP contribution in [0, 0.1) is 0 Å². The molecule has 0 bridgehead atoms. The van der Waals surface area contributed by atoms with Crippen molar-refractivity contribution in [1.29, 1.82) is 0 Å². The van der Waals surface area contributed by atoms with Crippen LogP contribution in [0.3, 0.4) is 0 Å². The fraction of sp³-hybridized carbons (Fsp3) is 0.292. The molecule has 0 amide bonds. The molecule has 2 unspecified atom stereocenters. The number of fused-ring (bicyclic) bond motifs is 2. The molecule has 2 aliphatic heterocycles. The average molecular weight is 867 g/mol. The summed E-state index contributed by atoms with van der Waals surface area (Å²) in [5.74, 6) is -0.749. The van der Waals surface area contributed by atoms with Gasteiger partial charge in [0.05, 0.1) is 19.4 Å². The van der Waals surface area contributed by atoms with E-state index in [1.165, 1.54) is 52.0 Å². The van der Waals surface area contributed by atoms with Crippen molar-refractivity contribution in [2.24, 2.45) is 0 Å². The molecule has 0 aliphatic carbocycles. The second kappa shape index (κ2) is 22.5. The van der Waals surface area contributed by atoms with E-state index in [9.17, 15) is 33.9 Å². The maximum absolute atomic E-state index is 13.0. The normalized spacial score (nSPS) is 14.4. The number of ketones is 2. The molecule has 4 aromatic carbocycles. The lowest BCUT2D eigenvalue weighted by Crippen LogP contribution is -2.21. The smallest absolute Gasteiger partial charge is 0.308 e. The van der Waals surface area contributed by atoms with Gasteiger partial charge in [-0.15, -0.1) is 0 Å². The quantitative estimate of drug-likeness (QED) is 0.0870. The number of hydrogen-bond acceptors (Lipinski definition) is 15. The van der Waals surface area contributed by atoms with Crippen LogP contribution in [0.15, 0.2) is 96.1 Å². The molecular weight excluding hydrogens is 817 g/mol. The number of benzene rings is 4. The minimum Gasteiger partial charge on any atom is -0.507 e. The summed E-state index contributed by atoms with van der Waals surface area (Å²) in [5, 5.41) is 18.2. The van der Waals surface area contributed by atoms with E-state index in [1.54, 1.807) is 54.6 Å². The predicted octanol–water partition coefficient (Wildman–Crippen LogP) is 8.48. The Morgan fingerprint density at radius 1 is 0.571 bits per heavy atom. The van der Waals surface area contributed by atoms with Crippen LogP contribution in [-0.2, 0) is 19.2 Å². The van der Waals surface area contributed by atoms with Gasteiger partial charge in [-0.3, -0.25) is 28.8 Å². The third kappa shape index (κ3) is 14.7. The first-order valence-corrected chi connectivity index (χ1v) is 19.7. The first-order valence-electron chi connectivity index (χ1n) is 19.7. The van der Waals surface area contributed by atoms with Crippen molar-refractivity contribution in [1.82, 2.24) is 0 Å². The fourth-order valence-electron chi connectivity index (χ4n) is 6.06. The fourth-order valence-corrected chi connectivity index (χ4v) is 6.06. The van der Waals surface area contributed by atoms with Crippen LogP contribution in [0.25, 0.3) is 0 Å². The molecule has 2 heterocycles. The Morgan fingerprint density at radius 2 is 0.968 bits per heavy atom.